The van der Waals surface area contributed by atoms with Gasteiger partial charge >= 0.3 is 11.9 Å². The number of phenolic OH excluding ortho intramolecular Hbond substituents is 1. The highest BCUT2D eigenvalue weighted by Crippen LogP contribution is 2.35. The summed E-state index contributed by atoms with van der Waals surface area (Å²) < 4.78 is 15.8. The maximum Gasteiger partial charge on any atom is 0.338 e. The Bertz CT molecular complexity index is 814. The predicted molar refractivity (Wildman–Crippen MR) is 130 cm³/mol. The monoisotopic (exact) mass is 483 g/mol. The Kier molecular flexibility index (Phi) is 11.1. The third-order valence-corrected chi connectivity index (χ3v) is 6.81. The molecule has 2 rings (SSSR count). The summed E-state index contributed by atoms with van der Waals surface area (Å²) in [6, 6.07) is 0.896. The number of hydrogen-bond acceptors (Lipinski definition) is 8. The van der Waals surface area contributed by atoms with Gasteiger partial charge in [-0.15, -0.1) is 0 Å². The Morgan fingerprint density at radius 1 is 1.22 bits per heavy atom. The zero-order valence-electron chi connectivity index (χ0n) is 19.0. The van der Waals surface area contributed by atoms with Gasteiger partial charge in [-0.2, -0.15) is 11.8 Å². The number of carbonyl (C=O) groups is 2. The number of fused-ring (bicyclic) bond motifs is 1. The summed E-state index contributed by atoms with van der Waals surface area (Å²) >= 11 is 6.83. The van der Waals surface area contributed by atoms with Gasteiger partial charge in [0.05, 0.1) is 31.4 Å². The van der Waals surface area contributed by atoms with Crippen LogP contribution in [0.2, 0.25) is 0 Å². The second-order valence-corrected chi connectivity index (χ2v) is 9.27. The molecule has 0 saturated carbocycles. The Morgan fingerprint density at radius 2 is 1.91 bits per heavy atom. The van der Waals surface area contributed by atoms with Crippen LogP contribution in [0, 0.1) is 6.92 Å². The predicted octanol–water partition coefficient (Wildman–Crippen LogP) is 4.30. The normalized spacial score (nSPS) is 19.5. The molecule has 2 N–H and O–H groups in total. The molecular formula is C23H33NO6S2. The van der Waals surface area contributed by atoms with Gasteiger partial charge in [0.15, 0.2) is 0 Å². The first-order valence-electron chi connectivity index (χ1n) is 10.9. The van der Waals surface area contributed by atoms with Crippen LogP contribution in [0.15, 0.2) is 6.07 Å². The molecule has 0 bridgehead atoms. The highest BCUT2D eigenvalue weighted by Gasteiger charge is 2.25. The summed E-state index contributed by atoms with van der Waals surface area (Å²) in [4.78, 5) is 25.8. The van der Waals surface area contributed by atoms with Gasteiger partial charge in [0.1, 0.15) is 17.5 Å². The van der Waals surface area contributed by atoms with Crippen molar-refractivity contribution in [2.75, 3.05) is 26.6 Å². The lowest BCUT2D eigenvalue weighted by atomic mass is 10.0. The fourth-order valence-electron chi connectivity index (χ4n) is 3.62. The van der Waals surface area contributed by atoms with Crippen LogP contribution in [0.3, 0.4) is 0 Å². The number of phenols is 1. The first-order valence-corrected chi connectivity index (χ1v) is 12.5. The first-order chi connectivity index (χ1) is 15.4. The second-order valence-electron chi connectivity index (χ2n) is 7.74. The lowest BCUT2D eigenvalue weighted by Crippen LogP contribution is -2.42. The van der Waals surface area contributed by atoms with E-state index in [1.165, 1.54) is 32.0 Å². The molecule has 1 aromatic rings. The van der Waals surface area contributed by atoms with Gasteiger partial charge in [-0.05, 0) is 26.2 Å². The molecule has 0 unspecified atom stereocenters. The summed E-state index contributed by atoms with van der Waals surface area (Å²) in [5.41, 5.74) is 1.39. The molecule has 0 aliphatic carbocycles. The molecule has 0 spiro atoms. The molecule has 0 amide bonds. The van der Waals surface area contributed by atoms with E-state index in [0.717, 1.165) is 44.9 Å². The van der Waals surface area contributed by atoms with Crippen LogP contribution in [0.5, 0.6) is 11.5 Å². The van der Waals surface area contributed by atoms with Crippen LogP contribution in [0.25, 0.3) is 0 Å². The van der Waals surface area contributed by atoms with E-state index in [2.05, 4.69) is 5.32 Å². The van der Waals surface area contributed by atoms with E-state index in [1.807, 2.05) is 0 Å². The van der Waals surface area contributed by atoms with E-state index in [4.69, 9.17) is 26.4 Å². The van der Waals surface area contributed by atoms with Crippen molar-refractivity contribution in [2.24, 2.45) is 0 Å². The molecule has 0 saturated heterocycles. The maximum atomic E-state index is 12.9. The van der Waals surface area contributed by atoms with E-state index in [1.54, 1.807) is 6.92 Å². The number of nitrogens with one attached hydrogen (secondary N) is 1. The molecule has 0 fully saturated rings. The second kappa shape index (κ2) is 13.5. The molecule has 178 valence electrons. The van der Waals surface area contributed by atoms with Crippen molar-refractivity contribution >= 4 is 40.9 Å². The van der Waals surface area contributed by atoms with Crippen molar-refractivity contribution in [1.82, 2.24) is 5.32 Å². The van der Waals surface area contributed by atoms with Crippen LogP contribution in [-0.2, 0) is 20.0 Å². The average molecular weight is 484 g/mol. The maximum absolute atomic E-state index is 12.9. The highest BCUT2D eigenvalue weighted by atomic mass is 32.2. The van der Waals surface area contributed by atoms with E-state index in [0.29, 0.717) is 45.5 Å². The zero-order valence-corrected chi connectivity index (χ0v) is 20.7. The van der Waals surface area contributed by atoms with E-state index < -0.39 is 18.0 Å². The largest absolute Gasteiger partial charge is 0.507 e. The quantitative estimate of drug-likeness (QED) is 0.471. The molecule has 0 aromatic heterocycles. The molecule has 1 aliphatic heterocycles. The van der Waals surface area contributed by atoms with Gasteiger partial charge < -0.3 is 24.6 Å². The van der Waals surface area contributed by atoms with Gasteiger partial charge in [0, 0.05) is 28.7 Å². The fraction of sp³-hybridized carbons (Fsp3) is 0.609. The van der Waals surface area contributed by atoms with Crippen LogP contribution >= 0.6 is 24.0 Å². The van der Waals surface area contributed by atoms with Gasteiger partial charge in [-0.1, -0.05) is 37.9 Å². The Labute approximate surface area is 199 Å². The smallest absolute Gasteiger partial charge is 0.338 e. The number of hydrogen-bond donors (Lipinski definition) is 2. The van der Waals surface area contributed by atoms with Crippen molar-refractivity contribution in [3.05, 3.63) is 22.8 Å². The molecule has 9 heteroatoms. The van der Waals surface area contributed by atoms with Gasteiger partial charge in [0.2, 0.25) is 0 Å². The number of esters is 2. The lowest BCUT2D eigenvalue weighted by Gasteiger charge is -2.20. The summed E-state index contributed by atoms with van der Waals surface area (Å²) in [6.07, 6.45) is 6.67. The van der Waals surface area contributed by atoms with E-state index in [-0.39, 0.29) is 5.75 Å². The summed E-state index contributed by atoms with van der Waals surface area (Å²) in [7, 11) is 2.83. The van der Waals surface area contributed by atoms with Crippen molar-refractivity contribution < 1.29 is 28.9 Å². The van der Waals surface area contributed by atoms with Crippen LogP contribution in [0.1, 0.15) is 66.4 Å². The van der Waals surface area contributed by atoms with Gasteiger partial charge in [-0.3, -0.25) is 0 Å². The summed E-state index contributed by atoms with van der Waals surface area (Å²) in [6.45, 7) is 2.10. The van der Waals surface area contributed by atoms with Crippen LogP contribution < -0.4 is 10.1 Å². The summed E-state index contributed by atoms with van der Waals surface area (Å²) in [5.74, 6) is 0.181. The van der Waals surface area contributed by atoms with Crippen LogP contribution in [-0.4, -0.2) is 54.7 Å². The molecule has 1 heterocycles. The standard InChI is InChI=1S/C23H33NO6S2/c1-15-19(28-2)12-18(25)16-13-32-14-17(22(26)29-3)24-20(31)10-8-6-4-5-7-9-11-30-23(27)21(15)16/h12,17,25H,4-11,13-14H2,1-3H3,(H,24,31)/t17-/m0/s1. The third-order valence-electron chi connectivity index (χ3n) is 5.43. The highest BCUT2D eigenvalue weighted by molar-refractivity contribution is 7.98. The number of methoxy groups -OCH3 is 2. The Hall–Kier alpha value is -2.00. The Balaban J connectivity index is 2.28. The molecule has 1 aromatic carbocycles. The minimum absolute atomic E-state index is 0.0422. The molecular weight excluding hydrogens is 450 g/mol. The van der Waals surface area contributed by atoms with Crippen molar-refractivity contribution in [2.45, 2.75) is 63.7 Å². The average Bonchev–Trinajstić information content (AvgIpc) is 2.77. The number of rotatable bonds is 2. The first kappa shape index (κ1) is 26.3. The van der Waals surface area contributed by atoms with Crippen molar-refractivity contribution in [1.29, 1.82) is 0 Å². The Morgan fingerprint density at radius 3 is 2.59 bits per heavy atom. The van der Waals surface area contributed by atoms with E-state index in [9.17, 15) is 14.7 Å². The van der Waals surface area contributed by atoms with Crippen molar-refractivity contribution in [3.8, 4) is 11.5 Å². The third kappa shape index (κ3) is 7.55. The number of thioether (sulfide) groups is 1. The SMILES string of the molecule is COC(=O)[C@@H]1CSCc2c(O)cc(OC)c(C)c2C(=O)OCCCCCCCCC(=S)N1. The van der Waals surface area contributed by atoms with Crippen molar-refractivity contribution in [3.63, 3.8) is 0 Å². The van der Waals surface area contributed by atoms with Gasteiger partial charge in [0.25, 0.3) is 0 Å². The number of benzene rings is 1. The number of carbonyl (C=O) groups excluding carboxylic acids is 2. The topological polar surface area (TPSA) is 94.1 Å². The zero-order chi connectivity index (χ0) is 23.5. The fourth-order valence-corrected chi connectivity index (χ4v) is 4.98. The number of thiocarbonyl (C=S) groups is 1. The number of ether oxygens (including phenoxy) is 3. The lowest BCUT2D eigenvalue weighted by molar-refractivity contribution is -0.142. The minimum atomic E-state index is -0.603. The van der Waals surface area contributed by atoms with Crippen LogP contribution in [0.4, 0.5) is 0 Å². The minimum Gasteiger partial charge on any atom is -0.507 e. The number of cyclic esters (lactones) is 1. The molecule has 0 radical (unpaired) electrons. The molecule has 1 atom stereocenters. The van der Waals surface area contributed by atoms with Gasteiger partial charge in [-0.25, -0.2) is 9.59 Å². The number of aromatic hydroxyl groups is 1. The van der Waals surface area contributed by atoms with E-state index >= 15 is 0 Å². The molecule has 1 aliphatic rings. The molecule has 32 heavy (non-hydrogen) atoms. The summed E-state index contributed by atoms with van der Waals surface area (Å²) in [5, 5.41) is 13.7. The molecule has 7 nitrogen and oxygen atoms in total.